The highest BCUT2D eigenvalue weighted by molar-refractivity contribution is 6.47. The van der Waals surface area contributed by atoms with E-state index in [9.17, 15) is 19.1 Å². The van der Waals surface area contributed by atoms with E-state index < -0.39 is 29.3 Å². The molecule has 1 atom stereocenters. The lowest BCUT2D eigenvalue weighted by Crippen LogP contribution is -2.29. The molecular formula is C28H21Cl2FN2O4. The van der Waals surface area contributed by atoms with Crippen LogP contribution < -0.4 is 4.74 Å². The highest BCUT2D eigenvalue weighted by atomic mass is 35.5. The molecule has 0 spiro atoms. The Hall–Kier alpha value is -3.81. The van der Waals surface area contributed by atoms with Gasteiger partial charge in [0.2, 0.25) is 0 Å². The molecule has 5 rings (SSSR count). The second kappa shape index (κ2) is 9.57. The molecule has 4 aromatic rings. The SMILES string of the molecule is COc1c(Cl)cc(Cl)cc1/C(O)=C1\C(=O)C(=O)N(Cc2ccc(F)cc2)C1c1c(C)[nH]c2ccccc12. The molecule has 3 aromatic carbocycles. The predicted molar refractivity (Wildman–Crippen MR) is 140 cm³/mol. The van der Waals surface area contributed by atoms with Crippen molar-refractivity contribution in [2.45, 2.75) is 19.5 Å². The van der Waals surface area contributed by atoms with Gasteiger partial charge in [-0.2, -0.15) is 0 Å². The number of methoxy groups -OCH3 is 1. The summed E-state index contributed by atoms with van der Waals surface area (Å²) < 4.78 is 18.9. The van der Waals surface area contributed by atoms with Gasteiger partial charge in [-0.25, -0.2) is 4.39 Å². The second-order valence-electron chi connectivity index (χ2n) is 8.73. The molecule has 1 aliphatic rings. The fourth-order valence-electron chi connectivity index (χ4n) is 4.87. The Labute approximate surface area is 221 Å². The molecule has 0 aliphatic carbocycles. The van der Waals surface area contributed by atoms with Crippen molar-refractivity contribution in [3.8, 4) is 5.75 Å². The van der Waals surface area contributed by atoms with Crippen molar-refractivity contribution >= 4 is 51.6 Å². The van der Waals surface area contributed by atoms with Gasteiger partial charge in [-0.15, -0.1) is 0 Å². The molecule has 1 amide bonds. The van der Waals surface area contributed by atoms with E-state index in [2.05, 4.69) is 4.98 Å². The van der Waals surface area contributed by atoms with Gasteiger partial charge in [0.05, 0.1) is 29.3 Å². The molecule has 2 heterocycles. The van der Waals surface area contributed by atoms with Crippen LogP contribution in [0.1, 0.15) is 28.4 Å². The number of aromatic amines is 1. The number of ether oxygens (including phenoxy) is 1. The number of amides is 1. The molecule has 1 aromatic heterocycles. The quantitative estimate of drug-likeness (QED) is 0.171. The molecule has 1 unspecified atom stereocenters. The number of benzene rings is 3. The van der Waals surface area contributed by atoms with Gasteiger partial charge in [0.1, 0.15) is 17.3 Å². The van der Waals surface area contributed by atoms with Crippen molar-refractivity contribution in [3.05, 3.63) is 104 Å². The van der Waals surface area contributed by atoms with E-state index in [0.29, 0.717) is 11.1 Å². The largest absolute Gasteiger partial charge is 0.507 e. The van der Waals surface area contributed by atoms with E-state index in [-0.39, 0.29) is 33.5 Å². The Morgan fingerprint density at radius 1 is 1.11 bits per heavy atom. The van der Waals surface area contributed by atoms with Crippen LogP contribution in [0.5, 0.6) is 5.75 Å². The van der Waals surface area contributed by atoms with Gasteiger partial charge in [0, 0.05) is 33.7 Å². The fourth-order valence-corrected chi connectivity index (χ4v) is 5.44. The first-order chi connectivity index (χ1) is 17.7. The number of para-hydroxylation sites is 1. The standard InChI is InChI=1S/C28H21Cl2FN2O4/c1-14-22(18-5-3-4-6-21(18)32-14)24-23(25(34)19-11-16(29)12-20(30)27(19)37-2)26(35)28(36)33(24)13-15-7-9-17(31)10-8-15/h3-12,24,32,34H,13H2,1-2H3/b25-23+. The lowest BCUT2D eigenvalue weighted by Gasteiger charge is -2.26. The van der Waals surface area contributed by atoms with Gasteiger partial charge < -0.3 is 19.7 Å². The number of nitrogens with one attached hydrogen (secondary N) is 1. The highest BCUT2D eigenvalue weighted by Gasteiger charge is 2.47. The van der Waals surface area contributed by atoms with Crippen molar-refractivity contribution < 1.29 is 23.8 Å². The number of aliphatic hydroxyl groups excluding tert-OH is 1. The van der Waals surface area contributed by atoms with Crippen LogP contribution in [0.15, 0.2) is 66.2 Å². The van der Waals surface area contributed by atoms with E-state index in [0.717, 1.165) is 16.6 Å². The number of nitrogens with zero attached hydrogens (tertiary/aromatic N) is 1. The molecule has 6 nitrogen and oxygen atoms in total. The molecular weight excluding hydrogens is 518 g/mol. The summed E-state index contributed by atoms with van der Waals surface area (Å²) in [5, 5.41) is 12.7. The maximum Gasteiger partial charge on any atom is 0.295 e. The maximum absolute atomic E-state index is 13.5. The number of H-pyrrole nitrogens is 1. The molecule has 1 aliphatic heterocycles. The molecule has 0 bridgehead atoms. The van der Waals surface area contributed by atoms with E-state index in [1.165, 1.54) is 36.3 Å². The van der Waals surface area contributed by atoms with E-state index in [1.807, 2.05) is 31.2 Å². The Balaban J connectivity index is 1.78. The number of Topliss-reactive ketones (excluding diaryl/α,β-unsaturated/α-hetero) is 1. The Kier molecular flexibility index (Phi) is 6.43. The van der Waals surface area contributed by atoms with Crippen LogP contribution >= 0.6 is 23.2 Å². The fraction of sp³-hybridized carbons (Fsp3) is 0.143. The Morgan fingerprint density at radius 3 is 2.51 bits per heavy atom. The number of hydrogen-bond donors (Lipinski definition) is 2. The van der Waals surface area contributed by atoms with Crippen LogP contribution in [-0.2, 0) is 16.1 Å². The summed E-state index contributed by atoms with van der Waals surface area (Å²) in [7, 11) is 1.38. The predicted octanol–water partition coefficient (Wildman–Crippen LogP) is 6.55. The van der Waals surface area contributed by atoms with Crippen LogP contribution in [0.4, 0.5) is 4.39 Å². The zero-order chi connectivity index (χ0) is 26.4. The summed E-state index contributed by atoms with van der Waals surface area (Å²) in [6.07, 6.45) is 0. The second-order valence-corrected chi connectivity index (χ2v) is 9.57. The molecule has 0 saturated carbocycles. The number of likely N-dealkylation sites (tertiary alicyclic amines) is 1. The average Bonchev–Trinajstić information content (AvgIpc) is 3.32. The molecule has 9 heteroatoms. The third-order valence-electron chi connectivity index (χ3n) is 6.49. The summed E-state index contributed by atoms with van der Waals surface area (Å²) in [5.74, 6) is -2.43. The average molecular weight is 539 g/mol. The minimum atomic E-state index is -0.955. The molecule has 37 heavy (non-hydrogen) atoms. The summed E-state index contributed by atoms with van der Waals surface area (Å²) in [6.45, 7) is 1.85. The van der Waals surface area contributed by atoms with Crippen LogP contribution in [-0.4, -0.2) is 33.8 Å². The number of aromatic nitrogens is 1. The number of hydrogen-bond acceptors (Lipinski definition) is 4. The van der Waals surface area contributed by atoms with Gasteiger partial charge in [-0.05, 0) is 42.8 Å². The van der Waals surface area contributed by atoms with E-state index in [4.69, 9.17) is 27.9 Å². The molecule has 0 radical (unpaired) electrons. The van der Waals surface area contributed by atoms with Gasteiger partial charge in [0.25, 0.3) is 11.7 Å². The highest BCUT2D eigenvalue weighted by Crippen LogP contribution is 2.46. The summed E-state index contributed by atoms with van der Waals surface area (Å²) >= 11 is 12.5. The number of rotatable bonds is 5. The Bertz CT molecular complexity index is 1590. The smallest absolute Gasteiger partial charge is 0.295 e. The van der Waals surface area contributed by atoms with E-state index >= 15 is 0 Å². The van der Waals surface area contributed by atoms with Crippen LogP contribution in [0.2, 0.25) is 10.0 Å². The van der Waals surface area contributed by atoms with Gasteiger partial charge in [-0.1, -0.05) is 53.5 Å². The van der Waals surface area contributed by atoms with E-state index in [1.54, 1.807) is 12.1 Å². The van der Waals surface area contributed by atoms with Crippen LogP contribution in [0, 0.1) is 12.7 Å². The number of carbonyl (C=O) groups excluding carboxylic acids is 2. The number of halogens is 3. The zero-order valence-corrected chi connectivity index (χ0v) is 21.3. The number of fused-ring (bicyclic) bond motifs is 1. The third-order valence-corrected chi connectivity index (χ3v) is 6.99. The minimum Gasteiger partial charge on any atom is -0.507 e. The lowest BCUT2D eigenvalue weighted by atomic mass is 9.93. The normalized spacial score (nSPS) is 17.1. The van der Waals surface area contributed by atoms with Crippen molar-refractivity contribution in [2.24, 2.45) is 0 Å². The first-order valence-electron chi connectivity index (χ1n) is 11.3. The number of carbonyl (C=O) groups is 2. The van der Waals surface area contributed by atoms with Gasteiger partial charge >= 0.3 is 0 Å². The Morgan fingerprint density at radius 2 is 1.81 bits per heavy atom. The van der Waals surface area contributed by atoms with Gasteiger partial charge in [-0.3, -0.25) is 9.59 Å². The van der Waals surface area contributed by atoms with Crippen molar-refractivity contribution in [2.75, 3.05) is 7.11 Å². The van der Waals surface area contributed by atoms with Gasteiger partial charge in [0.15, 0.2) is 0 Å². The maximum atomic E-state index is 13.5. The number of aryl methyl sites for hydroxylation is 1. The molecule has 1 fully saturated rings. The van der Waals surface area contributed by atoms with Crippen LogP contribution in [0.3, 0.4) is 0 Å². The number of ketones is 1. The molecule has 188 valence electrons. The third kappa shape index (κ3) is 4.24. The lowest BCUT2D eigenvalue weighted by molar-refractivity contribution is -0.140. The number of aliphatic hydroxyl groups is 1. The monoisotopic (exact) mass is 538 g/mol. The summed E-state index contributed by atoms with van der Waals surface area (Å²) in [6, 6.07) is 15.1. The molecule has 2 N–H and O–H groups in total. The van der Waals surface area contributed by atoms with Crippen LogP contribution in [0.25, 0.3) is 16.7 Å². The van der Waals surface area contributed by atoms with Crippen molar-refractivity contribution in [3.63, 3.8) is 0 Å². The van der Waals surface area contributed by atoms with Crippen molar-refractivity contribution in [1.82, 2.24) is 9.88 Å². The first kappa shape index (κ1) is 24.9. The summed E-state index contributed by atoms with van der Waals surface area (Å²) in [4.78, 5) is 31.6. The minimum absolute atomic E-state index is 0.0126. The summed E-state index contributed by atoms with van der Waals surface area (Å²) in [5.41, 5.74) is 2.77. The van der Waals surface area contributed by atoms with Crippen molar-refractivity contribution in [1.29, 1.82) is 0 Å². The molecule has 1 saturated heterocycles. The zero-order valence-electron chi connectivity index (χ0n) is 19.8. The first-order valence-corrected chi connectivity index (χ1v) is 12.1. The topological polar surface area (TPSA) is 82.6 Å².